The molecule has 1 N–H and O–H groups in total. The monoisotopic (exact) mass is 157 g/mol. The molecule has 1 rings (SSSR count). The van der Waals surface area contributed by atoms with Crippen LogP contribution in [-0.2, 0) is 0 Å². The van der Waals surface area contributed by atoms with Gasteiger partial charge in [-0.05, 0) is 33.1 Å². The molecule has 1 fully saturated rings. The van der Waals surface area contributed by atoms with Crippen molar-refractivity contribution >= 4 is 0 Å². The Labute approximate surface area is 69.2 Å². The lowest BCUT2D eigenvalue weighted by atomic mass is 9.93. The highest BCUT2D eigenvalue weighted by Gasteiger charge is 2.42. The first kappa shape index (κ1) is 9.01. The molecule has 2 nitrogen and oxygen atoms in total. The molecule has 1 aliphatic heterocycles. The van der Waals surface area contributed by atoms with Crippen LogP contribution in [0.5, 0.6) is 0 Å². The summed E-state index contributed by atoms with van der Waals surface area (Å²) in [4.78, 5) is 0. The second-order valence-electron chi connectivity index (χ2n) is 4.27. The summed E-state index contributed by atoms with van der Waals surface area (Å²) < 4.78 is 0. The third kappa shape index (κ3) is 1.42. The molecule has 1 heterocycles. The van der Waals surface area contributed by atoms with Crippen LogP contribution in [0.3, 0.4) is 0 Å². The second-order valence-corrected chi connectivity index (χ2v) is 4.27. The molecule has 0 saturated carbocycles. The molecule has 0 aromatic carbocycles. The van der Waals surface area contributed by atoms with Crippen LogP contribution in [0.4, 0.5) is 0 Å². The first-order chi connectivity index (χ1) is 4.99. The van der Waals surface area contributed by atoms with Crippen molar-refractivity contribution in [2.75, 3.05) is 0 Å². The van der Waals surface area contributed by atoms with Gasteiger partial charge in [0.1, 0.15) is 0 Å². The van der Waals surface area contributed by atoms with Crippen LogP contribution in [0, 0.1) is 5.92 Å². The van der Waals surface area contributed by atoms with Crippen LogP contribution in [0.15, 0.2) is 0 Å². The maximum Gasteiger partial charge on any atom is 0.0410 e. The molecule has 0 radical (unpaired) electrons. The Kier molecular flexibility index (Phi) is 2.26. The summed E-state index contributed by atoms with van der Waals surface area (Å²) in [5, 5.41) is 11.2. The number of hydroxylamine groups is 2. The van der Waals surface area contributed by atoms with Crippen LogP contribution in [0.25, 0.3) is 0 Å². The Morgan fingerprint density at radius 1 is 1.55 bits per heavy atom. The zero-order valence-electron chi connectivity index (χ0n) is 7.96. The third-order valence-electron chi connectivity index (χ3n) is 2.97. The van der Waals surface area contributed by atoms with E-state index in [1.54, 1.807) is 0 Å². The van der Waals surface area contributed by atoms with E-state index in [1.807, 2.05) is 0 Å². The summed E-state index contributed by atoms with van der Waals surface area (Å²) in [5.74, 6) is 0.662. The number of nitrogens with zero attached hydrogens (tertiary/aromatic N) is 1. The van der Waals surface area contributed by atoms with Crippen LogP contribution in [0.1, 0.15) is 40.5 Å². The largest absolute Gasteiger partial charge is 0.313 e. The molecule has 0 spiro atoms. The summed E-state index contributed by atoms with van der Waals surface area (Å²) in [6.45, 7) is 8.48. The van der Waals surface area contributed by atoms with E-state index in [4.69, 9.17) is 0 Å². The molecule has 2 unspecified atom stereocenters. The van der Waals surface area contributed by atoms with Gasteiger partial charge in [0, 0.05) is 11.6 Å². The zero-order valence-corrected chi connectivity index (χ0v) is 7.96. The van der Waals surface area contributed by atoms with Crippen molar-refractivity contribution < 1.29 is 5.21 Å². The predicted molar refractivity (Wildman–Crippen MR) is 45.6 cm³/mol. The van der Waals surface area contributed by atoms with Crippen molar-refractivity contribution in [2.24, 2.45) is 5.92 Å². The standard InChI is InChI=1S/C9H19NO/c1-5-8-6-9(3,4)10(11)7(8)2/h7-8,11H,5-6H2,1-4H3. The summed E-state index contributed by atoms with van der Waals surface area (Å²) in [6.07, 6.45) is 2.28. The van der Waals surface area contributed by atoms with Gasteiger partial charge in [0.05, 0.1) is 0 Å². The highest BCUT2D eigenvalue weighted by atomic mass is 16.5. The van der Waals surface area contributed by atoms with Crippen molar-refractivity contribution in [3.8, 4) is 0 Å². The fourth-order valence-corrected chi connectivity index (χ4v) is 2.14. The van der Waals surface area contributed by atoms with E-state index in [1.165, 1.54) is 11.5 Å². The van der Waals surface area contributed by atoms with Gasteiger partial charge in [0.2, 0.25) is 0 Å². The molecule has 2 atom stereocenters. The van der Waals surface area contributed by atoms with Gasteiger partial charge in [-0.1, -0.05) is 13.3 Å². The van der Waals surface area contributed by atoms with E-state index in [-0.39, 0.29) is 5.54 Å². The normalized spacial score (nSPS) is 37.9. The van der Waals surface area contributed by atoms with E-state index in [2.05, 4.69) is 27.7 Å². The fraction of sp³-hybridized carbons (Fsp3) is 1.00. The van der Waals surface area contributed by atoms with E-state index in [0.717, 1.165) is 6.42 Å². The topological polar surface area (TPSA) is 23.5 Å². The molecular weight excluding hydrogens is 138 g/mol. The Bertz CT molecular complexity index is 144. The van der Waals surface area contributed by atoms with Crippen molar-refractivity contribution in [2.45, 2.75) is 52.1 Å². The van der Waals surface area contributed by atoms with Gasteiger partial charge in [0.15, 0.2) is 0 Å². The van der Waals surface area contributed by atoms with E-state index < -0.39 is 0 Å². The molecule has 0 amide bonds. The molecule has 1 saturated heterocycles. The van der Waals surface area contributed by atoms with Crippen molar-refractivity contribution in [1.29, 1.82) is 0 Å². The van der Waals surface area contributed by atoms with E-state index in [9.17, 15) is 5.21 Å². The van der Waals surface area contributed by atoms with Crippen LogP contribution in [0.2, 0.25) is 0 Å². The van der Waals surface area contributed by atoms with Gasteiger partial charge in [-0.15, -0.1) is 0 Å². The summed E-state index contributed by atoms with van der Waals surface area (Å²) in [6, 6.07) is 0.329. The molecule has 2 heteroatoms. The number of rotatable bonds is 1. The smallest absolute Gasteiger partial charge is 0.0410 e. The Morgan fingerprint density at radius 2 is 2.09 bits per heavy atom. The van der Waals surface area contributed by atoms with Gasteiger partial charge in [-0.2, -0.15) is 5.06 Å². The number of hydrogen-bond acceptors (Lipinski definition) is 2. The van der Waals surface area contributed by atoms with E-state index in [0.29, 0.717) is 12.0 Å². The van der Waals surface area contributed by atoms with Gasteiger partial charge in [0.25, 0.3) is 0 Å². The summed E-state index contributed by atoms with van der Waals surface area (Å²) in [7, 11) is 0. The van der Waals surface area contributed by atoms with Crippen molar-refractivity contribution in [3.05, 3.63) is 0 Å². The molecular formula is C9H19NO. The lowest BCUT2D eigenvalue weighted by Crippen LogP contribution is -2.39. The minimum atomic E-state index is -0.0138. The highest BCUT2D eigenvalue weighted by Crippen LogP contribution is 2.37. The SMILES string of the molecule is CCC1CC(C)(C)N(O)C1C. The summed E-state index contributed by atoms with van der Waals surface area (Å²) >= 11 is 0. The Hall–Kier alpha value is -0.0800. The van der Waals surface area contributed by atoms with Gasteiger partial charge < -0.3 is 5.21 Å². The molecule has 0 aromatic rings. The summed E-state index contributed by atoms with van der Waals surface area (Å²) in [5.41, 5.74) is -0.0138. The fourth-order valence-electron chi connectivity index (χ4n) is 2.14. The van der Waals surface area contributed by atoms with Crippen LogP contribution >= 0.6 is 0 Å². The number of hydrogen-bond donors (Lipinski definition) is 1. The quantitative estimate of drug-likeness (QED) is 0.631. The average molecular weight is 157 g/mol. The first-order valence-corrected chi connectivity index (χ1v) is 4.47. The van der Waals surface area contributed by atoms with Crippen molar-refractivity contribution in [3.63, 3.8) is 0 Å². The van der Waals surface area contributed by atoms with Gasteiger partial charge in [-0.3, -0.25) is 0 Å². The third-order valence-corrected chi connectivity index (χ3v) is 2.97. The lowest BCUT2D eigenvalue weighted by Gasteiger charge is -2.27. The molecule has 1 aliphatic rings. The maximum atomic E-state index is 9.66. The second kappa shape index (κ2) is 2.76. The van der Waals surface area contributed by atoms with Crippen molar-refractivity contribution in [1.82, 2.24) is 5.06 Å². The van der Waals surface area contributed by atoms with Crippen LogP contribution in [-0.4, -0.2) is 21.9 Å². The maximum absolute atomic E-state index is 9.66. The molecule has 0 aromatic heterocycles. The zero-order chi connectivity index (χ0) is 8.65. The van der Waals surface area contributed by atoms with E-state index >= 15 is 0 Å². The Morgan fingerprint density at radius 3 is 2.27 bits per heavy atom. The van der Waals surface area contributed by atoms with Gasteiger partial charge in [-0.25, -0.2) is 0 Å². The highest BCUT2D eigenvalue weighted by molar-refractivity contribution is 4.92. The lowest BCUT2D eigenvalue weighted by molar-refractivity contribution is -0.162. The molecule has 66 valence electrons. The molecule has 0 aliphatic carbocycles. The predicted octanol–water partition coefficient (Wildman–Crippen LogP) is 2.27. The van der Waals surface area contributed by atoms with Gasteiger partial charge >= 0.3 is 0 Å². The minimum absolute atomic E-state index is 0.0138. The minimum Gasteiger partial charge on any atom is -0.313 e. The average Bonchev–Trinajstić information content (AvgIpc) is 2.13. The van der Waals surface area contributed by atoms with Crippen LogP contribution < -0.4 is 0 Å². The molecule has 11 heavy (non-hydrogen) atoms. The first-order valence-electron chi connectivity index (χ1n) is 4.47. The Balaban J connectivity index is 2.69. The molecule has 0 bridgehead atoms.